The summed E-state index contributed by atoms with van der Waals surface area (Å²) in [4.78, 5) is 7.15. The predicted molar refractivity (Wildman–Crippen MR) is 149 cm³/mol. The number of aromatic nitrogens is 2. The molecule has 0 N–H and O–H groups in total. The Bertz CT molecular complexity index is 1270. The van der Waals surface area contributed by atoms with Crippen molar-refractivity contribution in [1.82, 2.24) is 9.38 Å². The van der Waals surface area contributed by atoms with E-state index in [1.807, 2.05) is 22.7 Å². The van der Waals surface area contributed by atoms with Crippen molar-refractivity contribution in [3.63, 3.8) is 0 Å². The average molecular weight is 551 g/mol. The predicted octanol–water partition coefficient (Wildman–Crippen LogP) is 6.59. The molecule has 2 aromatic heterocycles. The first-order valence-corrected chi connectivity index (χ1v) is 14.5. The van der Waals surface area contributed by atoms with Crippen molar-refractivity contribution >= 4 is 22.5 Å². The van der Waals surface area contributed by atoms with Crippen LogP contribution in [0.2, 0.25) is 0 Å². The summed E-state index contributed by atoms with van der Waals surface area (Å²) in [7, 11) is 0. The van der Waals surface area contributed by atoms with Crippen molar-refractivity contribution in [3.8, 4) is 0 Å². The second-order valence-corrected chi connectivity index (χ2v) is 13.6. The first kappa shape index (κ1) is 28.8. The molecule has 1 atom stereocenters. The van der Waals surface area contributed by atoms with Crippen molar-refractivity contribution < 1.29 is 22.1 Å². The zero-order valence-electron chi connectivity index (χ0n) is 23.4. The van der Waals surface area contributed by atoms with Crippen LogP contribution in [-0.4, -0.2) is 46.7 Å². The van der Waals surface area contributed by atoms with Gasteiger partial charge in [0.1, 0.15) is 18.5 Å². The van der Waals surface area contributed by atoms with Crippen LogP contribution in [0.4, 0.5) is 18.9 Å². The van der Waals surface area contributed by atoms with Gasteiger partial charge in [-0.05, 0) is 50.1 Å². The van der Waals surface area contributed by atoms with Gasteiger partial charge in [0.2, 0.25) is 0 Å². The van der Waals surface area contributed by atoms with Gasteiger partial charge in [0.05, 0.1) is 35.9 Å². The molecule has 9 heteroatoms. The quantitative estimate of drug-likeness (QED) is 0.311. The molecule has 0 spiro atoms. The lowest BCUT2D eigenvalue weighted by Crippen LogP contribution is -2.44. The Morgan fingerprint density at radius 3 is 2.34 bits per heavy atom. The fourth-order valence-electron chi connectivity index (χ4n) is 4.53. The maximum atomic E-state index is 13.7. The minimum Gasteiger partial charge on any atom is -0.378 e. The van der Waals surface area contributed by atoms with Gasteiger partial charge in [-0.15, -0.1) is 0 Å². The molecule has 1 saturated heterocycles. The van der Waals surface area contributed by atoms with Gasteiger partial charge in [-0.25, -0.2) is 4.98 Å². The number of alkyl halides is 3. The maximum absolute atomic E-state index is 13.7. The Hall–Kier alpha value is -2.23. The molecule has 1 aromatic carbocycles. The third-order valence-electron chi connectivity index (χ3n) is 8.17. The van der Waals surface area contributed by atoms with Gasteiger partial charge >= 0.3 is 6.18 Å². The molecule has 4 rings (SSSR count). The van der Waals surface area contributed by atoms with Gasteiger partial charge in [-0.3, -0.25) is 0 Å². The highest BCUT2D eigenvalue weighted by molar-refractivity contribution is 7.93. The number of hydrogen-bond donors (Lipinski definition) is 0. The van der Waals surface area contributed by atoms with Gasteiger partial charge in [0, 0.05) is 31.1 Å². The fourth-order valence-corrected chi connectivity index (χ4v) is 5.97. The first-order valence-electron chi connectivity index (χ1n) is 13.0. The van der Waals surface area contributed by atoms with E-state index in [1.165, 1.54) is 6.07 Å². The van der Waals surface area contributed by atoms with E-state index in [2.05, 4.69) is 45.8 Å². The van der Waals surface area contributed by atoms with Gasteiger partial charge in [0.15, 0.2) is 15.9 Å². The molecule has 208 valence electrons. The zero-order valence-corrected chi connectivity index (χ0v) is 24.2. The molecule has 0 radical (unpaired) electrons. The average Bonchev–Trinajstić information content (AvgIpc) is 3.19. The summed E-state index contributed by atoms with van der Waals surface area (Å²) >= 11 is -0.375. The van der Waals surface area contributed by atoms with Crippen LogP contribution in [0.3, 0.4) is 0 Å². The topological polar surface area (TPSA) is 39.0 Å². The van der Waals surface area contributed by atoms with Crippen LogP contribution in [0.1, 0.15) is 62.7 Å². The van der Waals surface area contributed by atoms with E-state index < -0.39 is 11.7 Å². The number of benzene rings is 1. The van der Waals surface area contributed by atoms with Crippen molar-refractivity contribution in [2.75, 3.05) is 37.5 Å². The molecule has 1 aliphatic heterocycles. The SMILES string of the molecule is Cc1c(Cc2c(CO[S+](C)C(C)(C)C(C)(C)C)nc3ccc(N4CCOCC4)cn23)cccc1C(F)(F)F. The molecule has 0 amide bonds. The van der Waals surface area contributed by atoms with E-state index >= 15 is 0 Å². The van der Waals surface area contributed by atoms with E-state index in [0.29, 0.717) is 31.8 Å². The normalized spacial score (nSPS) is 16.3. The molecule has 5 nitrogen and oxygen atoms in total. The molecular weight excluding hydrogens is 511 g/mol. The van der Waals surface area contributed by atoms with Crippen molar-refractivity contribution in [2.45, 2.75) is 65.5 Å². The lowest BCUT2D eigenvalue weighted by molar-refractivity contribution is -0.138. The molecule has 1 unspecified atom stereocenters. The number of halogens is 3. The highest BCUT2D eigenvalue weighted by Crippen LogP contribution is 2.38. The smallest absolute Gasteiger partial charge is 0.378 e. The van der Waals surface area contributed by atoms with Crippen LogP contribution in [0, 0.1) is 12.3 Å². The Kier molecular flexibility index (Phi) is 8.13. The number of ether oxygens (including phenoxy) is 1. The first-order chi connectivity index (χ1) is 17.7. The van der Waals surface area contributed by atoms with E-state index in [4.69, 9.17) is 13.9 Å². The molecule has 0 saturated carbocycles. The van der Waals surface area contributed by atoms with Crippen molar-refractivity contribution in [2.24, 2.45) is 5.41 Å². The third kappa shape index (κ3) is 5.84. The molecule has 38 heavy (non-hydrogen) atoms. The number of rotatable bonds is 7. The third-order valence-corrected chi connectivity index (χ3v) is 10.7. The summed E-state index contributed by atoms with van der Waals surface area (Å²) in [6.45, 7) is 15.8. The van der Waals surface area contributed by atoms with Crippen LogP contribution >= 0.6 is 0 Å². The summed E-state index contributed by atoms with van der Waals surface area (Å²) in [5.41, 5.74) is 3.71. The minimum atomic E-state index is -4.40. The van der Waals surface area contributed by atoms with Crippen LogP contribution in [-0.2, 0) is 39.3 Å². The Labute approximate surface area is 226 Å². The second-order valence-electron chi connectivity index (χ2n) is 11.5. The molecule has 1 fully saturated rings. The van der Waals surface area contributed by atoms with E-state index in [0.717, 1.165) is 41.9 Å². The Balaban J connectivity index is 1.74. The van der Waals surface area contributed by atoms with Gasteiger partial charge in [0.25, 0.3) is 0 Å². The molecule has 1 aliphatic rings. The largest absolute Gasteiger partial charge is 0.416 e. The molecular formula is C29H39F3N3O2S+. The van der Waals surface area contributed by atoms with Gasteiger partial charge < -0.3 is 14.0 Å². The second kappa shape index (κ2) is 10.7. The lowest BCUT2D eigenvalue weighted by Gasteiger charge is -2.34. The lowest BCUT2D eigenvalue weighted by atomic mass is 9.83. The van der Waals surface area contributed by atoms with Crippen LogP contribution in [0.25, 0.3) is 5.65 Å². The maximum Gasteiger partial charge on any atom is 0.416 e. The van der Waals surface area contributed by atoms with E-state index in [9.17, 15) is 13.2 Å². The van der Waals surface area contributed by atoms with Gasteiger partial charge in [-0.2, -0.15) is 17.4 Å². The molecule has 0 bridgehead atoms. The number of anilines is 1. The number of morpholine rings is 1. The summed E-state index contributed by atoms with van der Waals surface area (Å²) < 4.78 is 54.9. The minimum absolute atomic E-state index is 0.0365. The van der Waals surface area contributed by atoms with E-state index in [1.54, 1.807) is 13.0 Å². The highest BCUT2D eigenvalue weighted by Gasteiger charge is 2.48. The number of imidazole rings is 1. The number of nitrogens with zero attached hydrogens (tertiary/aromatic N) is 3. The van der Waals surface area contributed by atoms with Crippen LogP contribution in [0.5, 0.6) is 0 Å². The number of hydrogen-bond acceptors (Lipinski definition) is 4. The van der Waals surface area contributed by atoms with E-state index in [-0.39, 0.29) is 26.9 Å². The van der Waals surface area contributed by atoms with Crippen LogP contribution in [0.15, 0.2) is 36.5 Å². The Morgan fingerprint density at radius 1 is 1.03 bits per heavy atom. The van der Waals surface area contributed by atoms with Crippen molar-refractivity contribution in [1.29, 1.82) is 0 Å². The fraction of sp³-hybridized carbons (Fsp3) is 0.552. The standard InChI is InChI=1S/C29H39F3N3O2S/c1-20-21(9-8-10-23(20)29(30,31)32)17-25-24(19-37-38(7)28(5,6)27(2,3)4)33-26-12-11-22(18-35(25)26)34-13-15-36-16-14-34/h8-12,18H,13-17,19H2,1-7H3/q+1. The Morgan fingerprint density at radius 2 is 1.71 bits per heavy atom. The summed E-state index contributed by atoms with van der Waals surface area (Å²) in [5, 5.41) is 0. The summed E-state index contributed by atoms with van der Waals surface area (Å²) in [6.07, 6.45) is 0.0703. The molecule has 3 heterocycles. The number of pyridine rings is 1. The highest BCUT2D eigenvalue weighted by atomic mass is 32.2. The number of fused-ring (bicyclic) bond motifs is 1. The molecule has 0 aliphatic carbocycles. The van der Waals surface area contributed by atoms with Gasteiger partial charge in [-0.1, -0.05) is 32.9 Å². The van der Waals surface area contributed by atoms with Crippen molar-refractivity contribution in [3.05, 3.63) is 64.6 Å². The monoisotopic (exact) mass is 550 g/mol. The molecule has 3 aromatic rings. The zero-order chi connectivity index (χ0) is 27.9. The summed E-state index contributed by atoms with van der Waals surface area (Å²) in [6, 6.07) is 8.42. The summed E-state index contributed by atoms with van der Waals surface area (Å²) in [5.74, 6) is 0. The van der Waals surface area contributed by atoms with Crippen LogP contribution < -0.4 is 4.90 Å².